The number of anilines is 1. The summed E-state index contributed by atoms with van der Waals surface area (Å²) < 4.78 is 0. The third-order valence-corrected chi connectivity index (χ3v) is 2.74. The van der Waals surface area contributed by atoms with E-state index in [0.717, 1.165) is 0 Å². The van der Waals surface area contributed by atoms with E-state index in [1.165, 1.54) is 36.1 Å². The minimum absolute atomic E-state index is 0.00995. The van der Waals surface area contributed by atoms with E-state index in [2.05, 4.69) is 5.32 Å². The van der Waals surface area contributed by atoms with Crippen LogP contribution in [0.5, 0.6) is 0 Å². The zero-order valence-electron chi connectivity index (χ0n) is 11.4. The van der Waals surface area contributed by atoms with Crippen LogP contribution in [0, 0.1) is 0 Å². The average Bonchev–Trinajstić information content (AvgIpc) is 2.43. The number of hydrogen-bond donors (Lipinski definition) is 4. The zero-order chi connectivity index (χ0) is 16.0. The second-order valence-corrected chi connectivity index (χ2v) is 4.30. The summed E-state index contributed by atoms with van der Waals surface area (Å²) >= 11 is 0. The van der Waals surface area contributed by atoms with Crippen molar-refractivity contribution in [3.05, 3.63) is 29.8 Å². The topological polar surface area (TPSA) is 133 Å². The lowest BCUT2D eigenvalue weighted by Gasteiger charge is -2.25. The Kier molecular flexibility index (Phi) is 5.67. The number of carboxylic acid groups (broad SMARTS) is 1. The Morgan fingerprint density at radius 3 is 2.29 bits per heavy atom. The summed E-state index contributed by atoms with van der Waals surface area (Å²) in [5, 5.41) is 20.1. The fourth-order valence-electron chi connectivity index (χ4n) is 1.76. The second-order valence-electron chi connectivity index (χ2n) is 4.30. The fourth-order valence-corrected chi connectivity index (χ4v) is 1.76. The van der Waals surface area contributed by atoms with Crippen LogP contribution in [-0.2, 0) is 4.79 Å². The van der Waals surface area contributed by atoms with Crippen LogP contribution in [0.15, 0.2) is 24.3 Å². The van der Waals surface area contributed by atoms with Gasteiger partial charge in [-0.2, -0.15) is 0 Å². The number of nitrogens with two attached hydrogens (primary N) is 1. The minimum atomic E-state index is -1.08. The Balaban J connectivity index is 2.97. The largest absolute Gasteiger partial charge is 0.478 e. The van der Waals surface area contributed by atoms with Gasteiger partial charge in [-0.1, -0.05) is 0 Å². The van der Waals surface area contributed by atoms with Gasteiger partial charge in [0.05, 0.1) is 12.2 Å². The number of nitrogens with one attached hydrogen (secondary N) is 1. The van der Waals surface area contributed by atoms with Crippen LogP contribution in [0.2, 0.25) is 0 Å². The highest BCUT2D eigenvalue weighted by atomic mass is 16.4. The zero-order valence-corrected chi connectivity index (χ0v) is 11.4. The standard InChI is InChI=1S/C13H17N3O5/c1-8(15-13(14)21)11(18)16(6-7-17)10-4-2-9(3-5-10)12(19)20/h2-5,8,17H,6-7H2,1H3,(H,19,20)(H3,14,15,21). The van der Waals surface area contributed by atoms with Crippen molar-refractivity contribution in [3.63, 3.8) is 0 Å². The maximum Gasteiger partial charge on any atom is 0.335 e. The van der Waals surface area contributed by atoms with Crippen molar-refractivity contribution in [3.8, 4) is 0 Å². The van der Waals surface area contributed by atoms with Gasteiger partial charge in [0.15, 0.2) is 0 Å². The molecule has 0 aliphatic rings. The van der Waals surface area contributed by atoms with Gasteiger partial charge < -0.3 is 26.2 Å². The van der Waals surface area contributed by atoms with Crippen molar-refractivity contribution in [1.29, 1.82) is 0 Å². The van der Waals surface area contributed by atoms with Gasteiger partial charge in [-0.05, 0) is 31.2 Å². The lowest BCUT2D eigenvalue weighted by Crippen LogP contribution is -2.49. The van der Waals surface area contributed by atoms with Crippen molar-refractivity contribution in [2.24, 2.45) is 5.73 Å². The molecule has 0 saturated carbocycles. The van der Waals surface area contributed by atoms with Crippen molar-refractivity contribution in [2.75, 3.05) is 18.1 Å². The highest BCUT2D eigenvalue weighted by Crippen LogP contribution is 2.16. The van der Waals surface area contributed by atoms with Gasteiger partial charge in [0.25, 0.3) is 0 Å². The van der Waals surface area contributed by atoms with Crippen LogP contribution < -0.4 is 16.0 Å². The number of aliphatic hydroxyl groups is 1. The van der Waals surface area contributed by atoms with Crippen LogP contribution in [0.4, 0.5) is 10.5 Å². The number of hydrogen-bond acceptors (Lipinski definition) is 4. The molecular formula is C13H17N3O5. The monoisotopic (exact) mass is 295 g/mol. The van der Waals surface area contributed by atoms with Crippen LogP contribution >= 0.6 is 0 Å². The van der Waals surface area contributed by atoms with Crippen LogP contribution in [0.1, 0.15) is 17.3 Å². The van der Waals surface area contributed by atoms with E-state index < -0.39 is 23.9 Å². The van der Waals surface area contributed by atoms with E-state index in [0.29, 0.717) is 5.69 Å². The number of rotatable bonds is 6. The molecule has 0 aliphatic heterocycles. The maximum absolute atomic E-state index is 12.2. The molecule has 0 saturated heterocycles. The van der Waals surface area contributed by atoms with E-state index in [-0.39, 0.29) is 18.7 Å². The molecule has 0 spiro atoms. The molecule has 0 aromatic heterocycles. The van der Waals surface area contributed by atoms with E-state index in [9.17, 15) is 14.4 Å². The molecule has 0 radical (unpaired) electrons. The number of nitrogens with zero attached hydrogens (tertiary/aromatic N) is 1. The van der Waals surface area contributed by atoms with Gasteiger partial charge in [0, 0.05) is 12.2 Å². The SMILES string of the molecule is CC(NC(N)=O)C(=O)N(CCO)c1ccc(C(=O)O)cc1. The quantitative estimate of drug-likeness (QED) is 0.575. The van der Waals surface area contributed by atoms with Crippen molar-refractivity contribution >= 4 is 23.6 Å². The maximum atomic E-state index is 12.2. The summed E-state index contributed by atoms with van der Waals surface area (Å²) in [7, 11) is 0. The Morgan fingerprint density at radius 2 is 1.86 bits per heavy atom. The summed E-state index contributed by atoms with van der Waals surface area (Å²) in [6, 6.07) is 3.90. The highest BCUT2D eigenvalue weighted by Gasteiger charge is 2.22. The van der Waals surface area contributed by atoms with Gasteiger partial charge in [-0.3, -0.25) is 4.79 Å². The molecule has 1 aromatic carbocycles. The van der Waals surface area contributed by atoms with E-state index >= 15 is 0 Å². The Hall–Kier alpha value is -2.61. The molecule has 5 N–H and O–H groups in total. The predicted octanol–water partition coefficient (Wildman–Crippen LogP) is -0.233. The molecule has 8 heteroatoms. The average molecular weight is 295 g/mol. The van der Waals surface area contributed by atoms with E-state index in [1.807, 2.05) is 0 Å². The molecule has 21 heavy (non-hydrogen) atoms. The summed E-state index contributed by atoms with van der Waals surface area (Å²) in [5.74, 6) is -1.55. The van der Waals surface area contributed by atoms with Crippen LogP contribution in [-0.4, -0.2) is 47.3 Å². The first kappa shape index (κ1) is 16.4. The van der Waals surface area contributed by atoms with E-state index in [4.69, 9.17) is 15.9 Å². The second kappa shape index (κ2) is 7.25. The molecule has 1 atom stereocenters. The number of carbonyl (C=O) groups is 3. The molecule has 1 rings (SSSR count). The predicted molar refractivity (Wildman–Crippen MR) is 75.0 cm³/mol. The van der Waals surface area contributed by atoms with Gasteiger partial charge in [-0.25, -0.2) is 9.59 Å². The molecule has 0 heterocycles. The van der Waals surface area contributed by atoms with Crippen LogP contribution in [0.3, 0.4) is 0 Å². The Bertz CT molecular complexity index is 529. The van der Waals surface area contributed by atoms with Gasteiger partial charge in [-0.15, -0.1) is 0 Å². The molecule has 0 aliphatic carbocycles. The number of urea groups is 1. The lowest BCUT2D eigenvalue weighted by molar-refractivity contribution is -0.120. The summed E-state index contributed by atoms with van der Waals surface area (Å²) in [5.41, 5.74) is 5.46. The lowest BCUT2D eigenvalue weighted by atomic mass is 10.1. The smallest absolute Gasteiger partial charge is 0.335 e. The number of amides is 3. The van der Waals surface area contributed by atoms with Crippen molar-refractivity contribution in [1.82, 2.24) is 5.32 Å². The molecule has 0 bridgehead atoms. The summed E-state index contributed by atoms with van der Waals surface area (Å²) in [6.45, 7) is 1.19. The fraction of sp³-hybridized carbons (Fsp3) is 0.308. The Morgan fingerprint density at radius 1 is 1.29 bits per heavy atom. The van der Waals surface area contributed by atoms with Gasteiger partial charge in [0.2, 0.25) is 5.91 Å². The molecule has 8 nitrogen and oxygen atoms in total. The molecule has 114 valence electrons. The van der Waals surface area contributed by atoms with E-state index in [1.54, 1.807) is 0 Å². The first-order valence-corrected chi connectivity index (χ1v) is 6.18. The highest BCUT2D eigenvalue weighted by molar-refractivity contribution is 5.99. The van der Waals surface area contributed by atoms with Crippen LogP contribution in [0.25, 0.3) is 0 Å². The normalized spacial score (nSPS) is 11.5. The summed E-state index contributed by atoms with van der Waals surface area (Å²) in [4.78, 5) is 35.0. The first-order chi connectivity index (χ1) is 9.86. The third-order valence-electron chi connectivity index (χ3n) is 2.74. The number of carbonyl (C=O) groups excluding carboxylic acids is 2. The van der Waals surface area contributed by atoms with Gasteiger partial charge >= 0.3 is 12.0 Å². The summed E-state index contributed by atoms with van der Waals surface area (Å²) in [6.07, 6.45) is 0. The molecule has 0 fully saturated rings. The molecule has 3 amide bonds. The van der Waals surface area contributed by atoms with Crippen molar-refractivity contribution in [2.45, 2.75) is 13.0 Å². The third kappa shape index (κ3) is 4.46. The Labute approximate surface area is 121 Å². The van der Waals surface area contributed by atoms with Crippen molar-refractivity contribution < 1.29 is 24.6 Å². The molecule has 1 aromatic rings. The van der Waals surface area contributed by atoms with Gasteiger partial charge in [0.1, 0.15) is 6.04 Å². The number of aromatic carboxylic acids is 1. The number of carboxylic acids is 1. The first-order valence-electron chi connectivity index (χ1n) is 6.18. The number of primary amides is 1. The molecular weight excluding hydrogens is 278 g/mol. The number of aliphatic hydroxyl groups excluding tert-OH is 1. The minimum Gasteiger partial charge on any atom is -0.478 e. The molecule has 1 unspecified atom stereocenters. The number of benzene rings is 1.